The van der Waals surface area contributed by atoms with Crippen molar-refractivity contribution in [1.29, 1.82) is 0 Å². The number of nitrogens with one attached hydrogen (secondary N) is 1. The fourth-order valence-electron chi connectivity index (χ4n) is 0.859. The van der Waals surface area contributed by atoms with Crippen LogP contribution in [0.4, 0.5) is 4.79 Å². The standard InChI is InChI=1S/C8H13NO3/c1-3-5-6(7(10)4-2)9-8(11)12/h4,6,9H,2-3,5H2,1H3,(H,11,12)/p-1. The molecule has 1 atom stereocenters. The molecular weight excluding hydrogens is 158 g/mol. The molecule has 4 nitrogen and oxygen atoms in total. The molecule has 0 heterocycles. The Hall–Kier alpha value is -1.32. The van der Waals surface area contributed by atoms with Crippen molar-refractivity contribution >= 4 is 11.9 Å². The van der Waals surface area contributed by atoms with Crippen LogP contribution in [0.2, 0.25) is 0 Å². The first-order valence-corrected chi connectivity index (χ1v) is 3.75. The molecule has 0 rings (SSSR count). The molecule has 0 spiro atoms. The molecule has 4 heteroatoms. The molecule has 68 valence electrons. The molecular formula is C8H12NO3-. The van der Waals surface area contributed by atoms with E-state index in [1.807, 2.05) is 12.2 Å². The van der Waals surface area contributed by atoms with E-state index in [1.165, 1.54) is 0 Å². The molecule has 0 aromatic carbocycles. The largest absolute Gasteiger partial charge is 0.530 e. The Morgan fingerprint density at radius 3 is 2.58 bits per heavy atom. The third-order valence-corrected chi connectivity index (χ3v) is 1.41. The smallest absolute Gasteiger partial charge is 0.177 e. The average Bonchev–Trinajstić information content (AvgIpc) is 2.01. The molecule has 0 bridgehead atoms. The van der Waals surface area contributed by atoms with Gasteiger partial charge in [0.2, 0.25) is 0 Å². The maximum Gasteiger partial charge on any atom is 0.177 e. The molecule has 0 aliphatic carbocycles. The van der Waals surface area contributed by atoms with Crippen molar-refractivity contribution in [1.82, 2.24) is 5.32 Å². The summed E-state index contributed by atoms with van der Waals surface area (Å²) in [5.41, 5.74) is 0. The van der Waals surface area contributed by atoms with E-state index in [-0.39, 0.29) is 5.78 Å². The molecule has 0 radical (unpaired) electrons. The van der Waals surface area contributed by atoms with Crippen LogP contribution in [0, 0.1) is 0 Å². The molecule has 0 aliphatic rings. The Bertz CT molecular complexity index is 189. The Morgan fingerprint density at radius 2 is 2.25 bits per heavy atom. The van der Waals surface area contributed by atoms with Gasteiger partial charge in [0.25, 0.3) is 0 Å². The van der Waals surface area contributed by atoms with Gasteiger partial charge in [0.1, 0.15) is 6.09 Å². The molecule has 0 saturated carbocycles. The highest BCUT2D eigenvalue weighted by Gasteiger charge is 2.12. The van der Waals surface area contributed by atoms with E-state index >= 15 is 0 Å². The van der Waals surface area contributed by atoms with Gasteiger partial charge < -0.3 is 15.2 Å². The molecule has 0 aromatic heterocycles. The van der Waals surface area contributed by atoms with Gasteiger partial charge in [-0.2, -0.15) is 0 Å². The summed E-state index contributed by atoms with van der Waals surface area (Å²) in [5.74, 6) is -0.318. The quantitative estimate of drug-likeness (QED) is 0.583. The van der Waals surface area contributed by atoms with Crippen molar-refractivity contribution in [2.45, 2.75) is 25.8 Å². The summed E-state index contributed by atoms with van der Waals surface area (Å²) in [6.07, 6.45) is 0.878. The zero-order valence-corrected chi connectivity index (χ0v) is 7.00. The van der Waals surface area contributed by atoms with Crippen LogP contribution in [0.25, 0.3) is 0 Å². The zero-order chi connectivity index (χ0) is 9.56. The Morgan fingerprint density at radius 1 is 1.67 bits per heavy atom. The summed E-state index contributed by atoms with van der Waals surface area (Å²) >= 11 is 0. The van der Waals surface area contributed by atoms with Crippen molar-refractivity contribution in [3.8, 4) is 0 Å². The Labute approximate surface area is 71.3 Å². The van der Waals surface area contributed by atoms with Gasteiger partial charge in [-0.1, -0.05) is 19.9 Å². The highest BCUT2D eigenvalue weighted by atomic mass is 16.4. The van der Waals surface area contributed by atoms with Gasteiger partial charge in [0.05, 0.1) is 6.04 Å². The van der Waals surface area contributed by atoms with Crippen molar-refractivity contribution in [2.24, 2.45) is 0 Å². The van der Waals surface area contributed by atoms with Gasteiger partial charge in [0.15, 0.2) is 5.78 Å². The van der Waals surface area contributed by atoms with E-state index in [0.29, 0.717) is 6.42 Å². The van der Waals surface area contributed by atoms with Crippen LogP contribution in [0.3, 0.4) is 0 Å². The van der Waals surface area contributed by atoms with Crippen LogP contribution in [0.5, 0.6) is 0 Å². The fraction of sp³-hybridized carbons (Fsp3) is 0.500. The summed E-state index contributed by atoms with van der Waals surface area (Å²) in [6, 6.07) is -0.697. The molecule has 12 heavy (non-hydrogen) atoms. The lowest BCUT2D eigenvalue weighted by Crippen LogP contribution is -2.46. The van der Waals surface area contributed by atoms with Crippen LogP contribution in [-0.2, 0) is 4.79 Å². The number of rotatable bonds is 5. The molecule has 1 unspecified atom stereocenters. The normalized spacial score (nSPS) is 11.8. The number of carbonyl (C=O) groups excluding carboxylic acids is 2. The van der Waals surface area contributed by atoms with E-state index in [1.54, 1.807) is 0 Å². The Kier molecular flexibility index (Phi) is 4.76. The predicted octanol–water partition coefficient (Wildman–Crippen LogP) is -0.157. The lowest BCUT2D eigenvalue weighted by molar-refractivity contribution is -0.251. The summed E-state index contributed by atoms with van der Waals surface area (Å²) in [4.78, 5) is 21.1. The van der Waals surface area contributed by atoms with Crippen molar-refractivity contribution in [3.05, 3.63) is 12.7 Å². The number of carboxylic acid groups (broad SMARTS) is 1. The number of ketones is 1. The highest BCUT2D eigenvalue weighted by molar-refractivity contribution is 5.95. The van der Waals surface area contributed by atoms with E-state index in [0.717, 1.165) is 12.5 Å². The van der Waals surface area contributed by atoms with E-state index in [4.69, 9.17) is 0 Å². The molecule has 1 amide bonds. The van der Waals surface area contributed by atoms with Crippen molar-refractivity contribution < 1.29 is 14.7 Å². The van der Waals surface area contributed by atoms with Gasteiger partial charge in [-0.25, -0.2) is 0 Å². The number of carbonyl (C=O) groups is 2. The lowest BCUT2D eigenvalue weighted by atomic mass is 10.1. The fourth-order valence-corrected chi connectivity index (χ4v) is 0.859. The minimum absolute atomic E-state index is 0.318. The van der Waals surface area contributed by atoms with E-state index in [2.05, 4.69) is 6.58 Å². The maximum atomic E-state index is 11.0. The SMILES string of the molecule is C=CC(=O)C(CCC)NC(=O)[O-]. The minimum atomic E-state index is -1.43. The van der Waals surface area contributed by atoms with E-state index in [9.17, 15) is 14.7 Å². The highest BCUT2D eigenvalue weighted by Crippen LogP contribution is 1.98. The van der Waals surface area contributed by atoms with Crippen LogP contribution in [-0.4, -0.2) is 17.9 Å². The third kappa shape index (κ3) is 3.75. The summed E-state index contributed by atoms with van der Waals surface area (Å²) in [5, 5.41) is 12.1. The monoisotopic (exact) mass is 170 g/mol. The third-order valence-electron chi connectivity index (χ3n) is 1.41. The maximum absolute atomic E-state index is 11.0. The molecule has 0 aliphatic heterocycles. The van der Waals surface area contributed by atoms with Crippen LogP contribution in [0.1, 0.15) is 19.8 Å². The van der Waals surface area contributed by atoms with E-state index < -0.39 is 12.1 Å². The van der Waals surface area contributed by atoms with Crippen molar-refractivity contribution in [2.75, 3.05) is 0 Å². The number of hydrogen-bond acceptors (Lipinski definition) is 3. The summed E-state index contributed by atoms with van der Waals surface area (Å²) < 4.78 is 0. The zero-order valence-electron chi connectivity index (χ0n) is 7.00. The second-order valence-electron chi connectivity index (χ2n) is 2.38. The Balaban J connectivity index is 4.11. The van der Waals surface area contributed by atoms with Crippen LogP contribution < -0.4 is 10.4 Å². The number of hydrogen-bond donors (Lipinski definition) is 1. The first-order valence-electron chi connectivity index (χ1n) is 3.75. The first-order chi connectivity index (χ1) is 5.61. The topological polar surface area (TPSA) is 69.2 Å². The molecule has 0 fully saturated rings. The lowest BCUT2D eigenvalue weighted by Gasteiger charge is -2.16. The van der Waals surface area contributed by atoms with Crippen LogP contribution >= 0.6 is 0 Å². The van der Waals surface area contributed by atoms with Gasteiger partial charge in [-0.15, -0.1) is 0 Å². The average molecular weight is 170 g/mol. The second kappa shape index (κ2) is 5.35. The number of amides is 1. The second-order valence-corrected chi connectivity index (χ2v) is 2.38. The van der Waals surface area contributed by atoms with Gasteiger partial charge in [0, 0.05) is 0 Å². The molecule has 0 aromatic rings. The first kappa shape index (κ1) is 10.7. The minimum Gasteiger partial charge on any atom is -0.530 e. The van der Waals surface area contributed by atoms with Gasteiger partial charge in [-0.3, -0.25) is 4.79 Å². The predicted molar refractivity (Wildman–Crippen MR) is 42.4 cm³/mol. The summed E-state index contributed by atoms with van der Waals surface area (Å²) in [7, 11) is 0. The molecule has 0 saturated heterocycles. The van der Waals surface area contributed by atoms with Gasteiger partial charge >= 0.3 is 0 Å². The van der Waals surface area contributed by atoms with Crippen LogP contribution in [0.15, 0.2) is 12.7 Å². The summed E-state index contributed by atoms with van der Waals surface area (Å²) in [6.45, 7) is 5.13. The molecule has 1 N–H and O–H groups in total. The van der Waals surface area contributed by atoms with Gasteiger partial charge in [-0.05, 0) is 12.5 Å². The van der Waals surface area contributed by atoms with Crippen molar-refractivity contribution in [3.63, 3.8) is 0 Å².